The van der Waals surface area contributed by atoms with Crippen LogP contribution in [0, 0.1) is 0 Å². The molecule has 1 atom stereocenters. The van der Waals surface area contributed by atoms with Crippen molar-refractivity contribution in [2.24, 2.45) is 0 Å². The van der Waals surface area contributed by atoms with Crippen LogP contribution < -0.4 is 10.2 Å². The van der Waals surface area contributed by atoms with E-state index in [9.17, 15) is 0 Å². The van der Waals surface area contributed by atoms with Crippen LogP contribution >= 0.6 is 11.3 Å². The van der Waals surface area contributed by atoms with E-state index in [-0.39, 0.29) is 0 Å². The van der Waals surface area contributed by atoms with E-state index in [1.165, 1.54) is 24.3 Å². The molecule has 0 spiro atoms. The van der Waals surface area contributed by atoms with E-state index in [0.717, 1.165) is 30.5 Å². The van der Waals surface area contributed by atoms with Crippen LogP contribution in [0.25, 0.3) is 0 Å². The normalized spacial score (nSPS) is 19.9. The smallest absolute Gasteiger partial charge is 0.185 e. The number of hydrogen-bond acceptors (Lipinski definition) is 6. The van der Waals surface area contributed by atoms with Crippen molar-refractivity contribution in [2.45, 2.75) is 39.0 Å². The fraction of sp³-hybridized carbons (Fsp3) is 0.800. The van der Waals surface area contributed by atoms with Gasteiger partial charge in [-0.2, -0.15) is 0 Å². The number of hydrogen-bond donors (Lipinski definition) is 1. The summed E-state index contributed by atoms with van der Waals surface area (Å²) in [5, 5.41) is 4.51. The Morgan fingerprint density at radius 1 is 1.52 bits per heavy atom. The topological polar surface area (TPSA) is 40.6 Å². The van der Waals surface area contributed by atoms with Gasteiger partial charge >= 0.3 is 0 Å². The second-order valence-corrected chi connectivity index (χ2v) is 6.81. The number of likely N-dealkylation sites (N-methyl/N-ethyl adjacent to an activating group) is 2. The molecule has 2 heterocycles. The van der Waals surface area contributed by atoms with Gasteiger partial charge in [0.15, 0.2) is 5.13 Å². The first-order valence-corrected chi connectivity index (χ1v) is 8.57. The summed E-state index contributed by atoms with van der Waals surface area (Å²) < 4.78 is 5.29. The molecule has 1 fully saturated rings. The fourth-order valence-electron chi connectivity index (χ4n) is 2.76. The zero-order chi connectivity index (χ0) is 15.2. The third kappa shape index (κ3) is 4.39. The van der Waals surface area contributed by atoms with E-state index in [2.05, 4.69) is 36.1 Å². The summed E-state index contributed by atoms with van der Waals surface area (Å²) in [6.07, 6.45) is 2.52. The first kappa shape index (κ1) is 16.7. The first-order valence-electron chi connectivity index (χ1n) is 7.75. The minimum absolute atomic E-state index is 0.567. The van der Waals surface area contributed by atoms with Gasteiger partial charge in [-0.1, -0.05) is 6.92 Å². The standard InChI is InChI=1S/C15H28N4OS/c1-5-16-9-14-13(11-20-4)17-15(21-14)19(3)12-7-6-8-18(2)10-12/h12,16H,5-11H2,1-4H3. The average Bonchev–Trinajstić information content (AvgIpc) is 2.88. The second-order valence-electron chi connectivity index (χ2n) is 5.75. The molecule has 1 N–H and O–H groups in total. The molecule has 1 aromatic heterocycles. The Kier molecular flexibility index (Phi) is 6.41. The second kappa shape index (κ2) is 8.08. The summed E-state index contributed by atoms with van der Waals surface area (Å²) in [5.41, 5.74) is 1.08. The van der Waals surface area contributed by atoms with Gasteiger partial charge in [-0.15, -0.1) is 11.3 Å². The monoisotopic (exact) mass is 312 g/mol. The van der Waals surface area contributed by atoms with E-state index < -0.39 is 0 Å². The van der Waals surface area contributed by atoms with Gasteiger partial charge in [0.1, 0.15) is 0 Å². The molecule has 0 radical (unpaired) electrons. The van der Waals surface area contributed by atoms with Crippen LogP contribution in [0.5, 0.6) is 0 Å². The molecule has 120 valence electrons. The molecule has 1 aliphatic heterocycles. The van der Waals surface area contributed by atoms with Crippen LogP contribution in [0.1, 0.15) is 30.3 Å². The molecule has 6 heteroatoms. The number of likely N-dealkylation sites (tertiary alicyclic amines) is 1. The maximum Gasteiger partial charge on any atom is 0.185 e. The van der Waals surface area contributed by atoms with Gasteiger partial charge in [0.05, 0.1) is 12.3 Å². The molecule has 0 bridgehead atoms. The van der Waals surface area contributed by atoms with Crippen molar-refractivity contribution in [3.05, 3.63) is 10.6 Å². The highest BCUT2D eigenvalue weighted by molar-refractivity contribution is 7.15. The molecule has 0 saturated carbocycles. The van der Waals surface area contributed by atoms with Crippen LogP contribution in [0.4, 0.5) is 5.13 Å². The highest BCUT2D eigenvalue weighted by Crippen LogP contribution is 2.29. The molecule has 1 saturated heterocycles. The molecule has 21 heavy (non-hydrogen) atoms. The van der Waals surface area contributed by atoms with E-state index in [0.29, 0.717) is 12.6 Å². The lowest BCUT2D eigenvalue weighted by molar-refractivity contribution is 0.181. The lowest BCUT2D eigenvalue weighted by Crippen LogP contribution is -2.45. The van der Waals surface area contributed by atoms with Crippen LogP contribution in [-0.2, 0) is 17.9 Å². The van der Waals surface area contributed by atoms with E-state index >= 15 is 0 Å². The van der Waals surface area contributed by atoms with Gasteiger partial charge in [0.2, 0.25) is 0 Å². The Morgan fingerprint density at radius 3 is 3.00 bits per heavy atom. The SMILES string of the molecule is CCNCc1sc(N(C)C2CCCN(C)C2)nc1COC. The number of ether oxygens (including phenoxy) is 1. The summed E-state index contributed by atoms with van der Waals surface area (Å²) in [6, 6.07) is 0.567. The molecule has 5 nitrogen and oxygen atoms in total. The Balaban J connectivity index is 2.10. The van der Waals surface area contributed by atoms with Gasteiger partial charge in [-0.05, 0) is 33.0 Å². The molecular weight excluding hydrogens is 284 g/mol. The van der Waals surface area contributed by atoms with Crippen LogP contribution in [0.15, 0.2) is 0 Å². The predicted molar refractivity (Wildman–Crippen MR) is 89.1 cm³/mol. The van der Waals surface area contributed by atoms with Crippen molar-refractivity contribution < 1.29 is 4.74 Å². The number of piperidine rings is 1. The Morgan fingerprint density at radius 2 is 2.33 bits per heavy atom. The maximum absolute atomic E-state index is 5.29. The van der Waals surface area contributed by atoms with Crippen LogP contribution in [0.3, 0.4) is 0 Å². The molecule has 1 aromatic rings. The molecule has 0 aromatic carbocycles. The summed E-state index contributed by atoms with van der Waals surface area (Å²) in [6.45, 7) is 6.91. The summed E-state index contributed by atoms with van der Waals surface area (Å²) >= 11 is 1.80. The van der Waals surface area contributed by atoms with Crippen LogP contribution in [-0.4, -0.2) is 56.8 Å². The lowest BCUT2D eigenvalue weighted by Gasteiger charge is -2.35. The van der Waals surface area contributed by atoms with Gasteiger partial charge < -0.3 is 19.9 Å². The van der Waals surface area contributed by atoms with Crippen molar-refractivity contribution in [3.8, 4) is 0 Å². The van der Waals surface area contributed by atoms with E-state index in [1.54, 1.807) is 18.4 Å². The van der Waals surface area contributed by atoms with Gasteiger partial charge in [-0.25, -0.2) is 4.98 Å². The van der Waals surface area contributed by atoms with Crippen molar-refractivity contribution >= 4 is 16.5 Å². The summed E-state index contributed by atoms with van der Waals surface area (Å²) in [7, 11) is 6.11. The third-order valence-corrected chi connectivity index (χ3v) is 5.22. The zero-order valence-corrected chi connectivity index (χ0v) is 14.5. The first-order chi connectivity index (χ1) is 10.2. The third-order valence-electron chi connectivity index (χ3n) is 4.03. The van der Waals surface area contributed by atoms with Crippen molar-refractivity contribution in [2.75, 3.05) is 45.7 Å². The number of thiazole rings is 1. The summed E-state index contributed by atoms with van der Waals surface area (Å²) in [5.74, 6) is 0. The van der Waals surface area contributed by atoms with Gasteiger partial charge in [0.25, 0.3) is 0 Å². The van der Waals surface area contributed by atoms with Gasteiger partial charge in [-0.3, -0.25) is 0 Å². The molecule has 0 amide bonds. The number of nitrogens with one attached hydrogen (secondary N) is 1. The number of rotatable bonds is 7. The number of methoxy groups -OCH3 is 1. The average molecular weight is 312 g/mol. The van der Waals surface area contributed by atoms with Crippen molar-refractivity contribution in [1.82, 2.24) is 15.2 Å². The van der Waals surface area contributed by atoms with E-state index in [1.807, 2.05) is 0 Å². The van der Waals surface area contributed by atoms with Crippen molar-refractivity contribution in [3.63, 3.8) is 0 Å². The maximum atomic E-state index is 5.29. The molecular formula is C15H28N4OS. The highest BCUT2D eigenvalue weighted by Gasteiger charge is 2.24. The van der Waals surface area contributed by atoms with Crippen molar-refractivity contribution in [1.29, 1.82) is 0 Å². The van der Waals surface area contributed by atoms with Crippen LogP contribution in [0.2, 0.25) is 0 Å². The number of anilines is 1. The molecule has 2 rings (SSSR count). The lowest BCUT2D eigenvalue weighted by atomic mass is 10.1. The Labute approximate surface area is 132 Å². The zero-order valence-electron chi connectivity index (χ0n) is 13.7. The number of nitrogens with zero attached hydrogens (tertiary/aromatic N) is 3. The number of aromatic nitrogens is 1. The van der Waals surface area contributed by atoms with Gasteiger partial charge in [0, 0.05) is 38.2 Å². The minimum atomic E-state index is 0.567. The van der Waals surface area contributed by atoms with E-state index in [4.69, 9.17) is 9.72 Å². The molecule has 1 aliphatic rings. The Hall–Kier alpha value is -0.690. The quantitative estimate of drug-likeness (QED) is 0.833. The fourth-order valence-corrected chi connectivity index (χ4v) is 3.82. The molecule has 1 unspecified atom stereocenters. The predicted octanol–water partition coefficient (Wildman–Crippen LogP) is 1.93. The largest absolute Gasteiger partial charge is 0.378 e. The highest BCUT2D eigenvalue weighted by atomic mass is 32.1. The minimum Gasteiger partial charge on any atom is -0.378 e. The molecule has 0 aliphatic carbocycles. The summed E-state index contributed by atoms with van der Waals surface area (Å²) in [4.78, 5) is 10.9. The Bertz CT molecular complexity index is 437.